The highest BCUT2D eigenvalue weighted by Gasteiger charge is 2.19. The van der Waals surface area contributed by atoms with E-state index < -0.39 is 0 Å². The van der Waals surface area contributed by atoms with Gasteiger partial charge < -0.3 is 20.1 Å². The molecule has 2 heterocycles. The topological polar surface area (TPSA) is 62.8 Å². The first-order valence-corrected chi connectivity index (χ1v) is 9.82. The summed E-state index contributed by atoms with van der Waals surface area (Å²) in [5.41, 5.74) is 2.22. The Labute approximate surface area is 158 Å². The van der Waals surface area contributed by atoms with Gasteiger partial charge in [0.15, 0.2) is 11.5 Å². The molecule has 0 aliphatic carbocycles. The van der Waals surface area contributed by atoms with Crippen molar-refractivity contribution in [3.05, 3.63) is 46.2 Å². The lowest BCUT2D eigenvalue weighted by Crippen LogP contribution is -2.41. The molecule has 2 aromatic rings. The maximum Gasteiger partial charge on any atom is 0.315 e. The second kappa shape index (κ2) is 8.91. The minimum Gasteiger partial charge on any atom is -0.454 e. The molecular weight excluding hydrogens is 350 g/mol. The van der Waals surface area contributed by atoms with Gasteiger partial charge in [0.25, 0.3) is 0 Å². The molecule has 0 saturated carbocycles. The van der Waals surface area contributed by atoms with E-state index in [0.717, 1.165) is 30.2 Å². The summed E-state index contributed by atoms with van der Waals surface area (Å²) >= 11 is 1.68. The summed E-state index contributed by atoms with van der Waals surface area (Å²) in [6, 6.07) is 7.83. The van der Waals surface area contributed by atoms with Crippen LogP contribution in [0.2, 0.25) is 0 Å². The number of urea groups is 1. The first-order chi connectivity index (χ1) is 12.7. The molecule has 1 aliphatic rings. The summed E-state index contributed by atoms with van der Waals surface area (Å²) < 4.78 is 10.7. The van der Waals surface area contributed by atoms with Crippen LogP contribution in [0.5, 0.6) is 11.5 Å². The Morgan fingerprint density at radius 2 is 2.00 bits per heavy atom. The fourth-order valence-electron chi connectivity index (χ4n) is 3.07. The molecule has 7 heteroatoms. The smallest absolute Gasteiger partial charge is 0.315 e. The van der Waals surface area contributed by atoms with E-state index in [9.17, 15) is 4.79 Å². The average Bonchev–Trinajstić information content (AvgIpc) is 3.34. The largest absolute Gasteiger partial charge is 0.454 e. The Bertz CT molecular complexity index is 717. The number of rotatable bonds is 8. The van der Waals surface area contributed by atoms with Crippen molar-refractivity contribution in [3.8, 4) is 11.5 Å². The van der Waals surface area contributed by atoms with Crippen molar-refractivity contribution < 1.29 is 14.3 Å². The van der Waals surface area contributed by atoms with Crippen molar-refractivity contribution in [1.29, 1.82) is 0 Å². The van der Waals surface area contributed by atoms with E-state index in [0.29, 0.717) is 13.1 Å². The molecular formula is C19H25N3O3S. The normalized spacial score (nSPS) is 13.7. The van der Waals surface area contributed by atoms with Crippen LogP contribution in [0.4, 0.5) is 4.79 Å². The summed E-state index contributed by atoms with van der Waals surface area (Å²) in [6.07, 6.45) is 0. The van der Waals surface area contributed by atoms with Gasteiger partial charge in [-0.15, -0.1) is 0 Å². The molecule has 3 rings (SSSR count). The molecule has 0 bridgehead atoms. The Balaban J connectivity index is 1.52. The fourth-order valence-corrected chi connectivity index (χ4v) is 3.78. The number of nitrogens with one attached hydrogen (secondary N) is 2. The number of nitrogens with zero attached hydrogens (tertiary/aromatic N) is 1. The van der Waals surface area contributed by atoms with Crippen LogP contribution in [-0.2, 0) is 6.54 Å². The second-order valence-electron chi connectivity index (χ2n) is 6.04. The summed E-state index contributed by atoms with van der Waals surface area (Å²) in [4.78, 5) is 14.6. The number of hydrogen-bond donors (Lipinski definition) is 2. The predicted octanol–water partition coefficient (Wildman–Crippen LogP) is 3.36. The highest BCUT2D eigenvalue weighted by Crippen LogP contribution is 2.32. The summed E-state index contributed by atoms with van der Waals surface area (Å²) in [5, 5.41) is 10.1. The first kappa shape index (κ1) is 18.5. The second-order valence-corrected chi connectivity index (χ2v) is 6.82. The van der Waals surface area contributed by atoms with Crippen LogP contribution in [0.1, 0.15) is 31.0 Å². The molecule has 0 fully saturated rings. The van der Waals surface area contributed by atoms with Gasteiger partial charge >= 0.3 is 6.03 Å². The molecule has 1 aromatic heterocycles. The Morgan fingerprint density at radius 3 is 2.73 bits per heavy atom. The average molecular weight is 375 g/mol. The van der Waals surface area contributed by atoms with Crippen LogP contribution in [0.15, 0.2) is 35.0 Å². The van der Waals surface area contributed by atoms with E-state index in [-0.39, 0.29) is 18.9 Å². The highest BCUT2D eigenvalue weighted by atomic mass is 32.1. The molecule has 1 aliphatic heterocycles. The predicted molar refractivity (Wildman–Crippen MR) is 103 cm³/mol. The van der Waals surface area contributed by atoms with Gasteiger partial charge in [-0.3, -0.25) is 4.90 Å². The van der Waals surface area contributed by atoms with Gasteiger partial charge in [-0.25, -0.2) is 4.79 Å². The summed E-state index contributed by atoms with van der Waals surface area (Å²) in [6.45, 7) is 7.43. The van der Waals surface area contributed by atoms with Gasteiger partial charge in [0, 0.05) is 13.1 Å². The van der Waals surface area contributed by atoms with Crippen molar-refractivity contribution in [2.45, 2.75) is 26.4 Å². The number of ether oxygens (including phenoxy) is 2. The zero-order chi connectivity index (χ0) is 18.4. The lowest BCUT2D eigenvalue weighted by molar-refractivity contribution is 0.174. The molecule has 0 unspecified atom stereocenters. The minimum absolute atomic E-state index is 0.171. The third-order valence-electron chi connectivity index (χ3n) is 4.53. The molecule has 2 N–H and O–H groups in total. The summed E-state index contributed by atoms with van der Waals surface area (Å²) in [5.74, 6) is 1.47. The third-order valence-corrected chi connectivity index (χ3v) is 5.23. The highest BCUT2D eigenvalue weighted by molar-refractivity contribution is 7.07. The zero-order valence-corrected chi connectivity index (χ0v) is 16.0. The van der Waals surface area contributed by atoms with Gasteiger partial charge in [0.1, 0.15) is 0 Å². The molecule has 0 saturated heterocycles. The van der Waals surface area contributed by atoms with Gasteiger partial charge in [-0.2, -0.15) is 11.3 Å². The number of thiophene rings is 1. The Morgan fingerprint density at radius 1 is 1.19 bits per heavy atom. The first-order valence-electron chi connectivity index (χ1n) is 8.87. The summed E-state index contributed by atoms with van der Waals surface area (Å²) in [7, 11) is 0. The van der Waals surface area contributed by atoms with E-state index >= 15 is 0 Å². The van der Waals surface area contributed by atoms with Gasteiger partial charge in [0.2, 0.25) is 6.79 Å². The number of carbonyl (C=O) groups is 1. The fraction of sp³-hybridized carbons (Fsp3) is 0.421. The lowest BCUT2D eigenvalue weighted by atomic mass is 10.1. The van der Waals surface area contributed by atoms with Crippen LogP contribution < -0.4 is 20.1 Å². The van der Waals surface area contributed by atoms with Crippen molar-refractivity contribution in [2.75, 3.05) is 26.4 Å². The van der Waals surface area contributed by atoms with Crippen LogP contribution in [-0.4, -0.2) is 37.4 Å². The Kier molecular flexibility index (Phi) is 6.35. The number of carbonyl (C=O) groups excluding carboxylic acids is 1. The molecule has 140 valence electrons. The van der Waals surface area contributed by atoms with Gasteiger partial charge in [-0.1, -0.05) is 19.9 Å². The van der Waals surface area contributed by atoms with Crippen LogP contribution in [0.25, 0.3) is 0 Å². The van der Waals surface area contributed by atoms with Crippen molar-refractivity contribution in [3.63, 3.8) is 0 Å². The van der Waals surface area contributed by atoms with E-state index in [4.69, 9.17) is 9.47 Å². The molecule has 0 radical (unpaired) electrons. The van der Waals surface area contributed by atoms with Crippen LogP contribution in [0, 0.1) is 0 Å². The van der Waals surface area contributed by atoms with E-state index in [1.54, 1.807) is 11.3 Å². The zero-order valence-electron chi connectivity index (χ0n) is 15.2. The van der Waals surface area contributed by atoms with Crippen LogP contribution in [0.3, 0.4) is 0 Å². The van der Waals surface area contributed by atoms with Gasteiger partial charge in [-0.05, 0) is 53.2 Å². The quantitative estimate of drug-likeness (QED) is 0.743. The van der Waals surface area contributed by atoms with E-state index in [1.165, 1.54) is 5.56 Å². The molecule has 26 heavy (non-hydrogen) atoms. The van der Waals surface area contributed by atoms with E-state index in [1.807, 2.05) is 18.2 Å². The van der Waals surface area contributed by atoms with Crippen molar-refractivity contribution in [1.82, 2.24) is 15.5 Å². The van der Waals surface area contributed by atoms with Crippen LogP contribution >= 0.6 is 11.3 Å². The molecule has 1 atom stereocenters. The number of amides is 2. The minimum atomic E-state index is -0.171. The molecule has 2 amide bonds. The maximum absolute atomic E-state index is 12.2. The van der Waals surface area contributed by atoms with E-state index in [2.05, 4.69) is 46.2 Å². The number of hydrogen-bond acceptors (Lipinski definition) is 5. The number of benzene rings is 1. The lowest BCUT2D eigenvalue weighted by Gasteiger charge is -2.29. The molecule has 6 nitrogen and oxygen atoms in total. The number of likely N-dealkylation sites (N-methyl/N-ethyl adjacent to an activating group) is 1. The van der Waals surface area contributed by atoms with Gasteiger partial charge in [0.05, 0.1) is 6.04 Å². The SMILES string of the molecule is CCN(CC)[C@@H](CNC(=O)NCc1ccc2c(c1)OCO2)c1ccsc1. The maximum atomic E-state index is 12.2. The molecule has 1 aromatic carbocycles. The van der Waals surface area contributed by atoms with Crippen molar-refractivity contribution in [2.24, 2.45) is 0 Å². The third kappa shape index (κ3) is 4.47. The molecule has 0 spiro atoms. The monoisotopic (exact) mass is 375 g/mol. The Hall–Kier alpha value is -2.25. The standard InChI is InChI=1S/C19H25N3O3S/c1-3-22(4-2)16(15-7-8-26-12-15)11-21-19(23)20-10-14-5-6-17-18(9-14)25-13-24-17/h5-9,12,16H,3-4,10-11,13H2,1-2H3,(H2,20,21,23)/t16-/m0/s1. The van der Waals surface area contributed by atoms with Crippen molar-refractivity contribution >= 4 is 17.4 Å². The number of fused-ring (bicyclic) bond motifs is 1.